The molecule has 1 saturated heterocycles. The monoisotopic (exact) mass is 422 g/mol. The van der Waals surface area contributed by atoms with Crippen LogP contribution in [0.2, 0.25) is 0 Å². The first-order valence-electron chi connectivity index (χ1n) is 11.4. The second kappa shape index (κ2) is 10.3. The molecule has 1 N–H and O–H groups in total. The zero-order chi connectivity index (χ0) is 21.6. The largest absolute Gasteiger partial charge is 0.494 e. The Morgan fingerprint density at radius 1 is 1.03 bits per heavy atom. The molecule has 1 aromatic heterocycles. The van der Waals surface area contributed by atoms with Gasteiger partial charge in [0.1, 0.15) is 11.6 Å². The number of aliphatic hydroxyl groups is 1. The summed E-state index contributed by atoms with van der Waals surface area (Å²) in [5, 5.41) is 9.67. The van der Waals surface area contributed by atoms with Gasteiger partial charge in [0.15, 0.2) is 0 Å². The van der Waals surface area contributed by atoms with Gasteiger partial charge in [-0.05, 0) is 50.1 Å². The van der Waals surface area contributed by atoms with Crippen LogP contribution >= 0.6 is 0 Å². The van der Waals surface area contributed by atoms with Crippen LogP contribution in [0.15, 0.2) is 48.5 Å². The van der Waals surface area contributed by atoms with Crippen molar-refractivity contribution in [2.75, 3.05) is 32.8 Å². The Morgan fingerprint density at radius 3 is 2.58 bits per heavy atom. The van der Waals surface area contributed by atoms with E-state index in [1.807, 2.05) is 19.1 Å². The lowest BCUT2D eigenvalue weighted by Gasteiger charge is -2.41. The van der Waals surface area contributed by atoms with Crippen LogP contribution in [0.3, 0.4) is 0 Å². The highest BCUT2D eigenvalue weighted by Gasteiger charge is 2.27. The summed E-state index contributed by atoms with van der Waals surface area (Å²) in [6.07, 6.45) is 0.789. The van der Waals surface area contributed by atoms with Crippen molar-refractivity contribution in [2.45, 2.75) is 45.9 Å². The van der Waals surface area contributed by atoms with Crippen molar-refractivity contribution < 1.29 is 9.84 Å². The van der Waals surface area contributed by atoms with Crippen molar-refractivity contribution in [3.8, 4) is 5.75 Å². The Labute approximate surface area is 185 Å². The van der Waals surface area contributed by atoms with Crippen LogP contribution in [0.4, 0.5) is 0 Å². The van der Waals surface area contributed by atoms with Gasteiger partial charge < -0.3 is 14.4 Å². The quantitative estimate of drug-likeness (QED) is 0.572. The third-order valence-corrected chi connectivity index (χ3v) is 6.19. The number of ether oxygens (including phenoxy) is 1. The van der Waals surface area contributed by atoms with Crippen LogP contribution in [-0.4, -0.2) is 63.3 Å². The van der Waals surface area contributed by atoms with E-state index in [4.69, 9.17) is 9.72 Å². The summed E-state index contributed by atoms with van der Waals surface area (Å²) in [6.45, 7) is 10.7. The number of nitrogens with zero attached hydrogens (tertiary/aromatic N) is 4. The van der Waals surface area contributed by atoms with Crippen molar-refractivity contribution in [1.82, 2.24) is 19.4 Å². The molecule has 0 saturated carbocycles. The fraction of sp³-hybridized carbons (Fsp3) is 0.480. The number of hydrogen-bond donors (Lipinski definition) is 1. The van der Waals surface area contributed by atoms with E-state index in [0.29, 0.717) is 12.6 Å². The third kappa shape index (κ3) is 5.09. The zero-order valence-corrected chi connectivity index (χ0v) is 18.7. The highest BCUT2D eigenvalue weighted by molar-refractivity contribution is 5.75. The molecular formula is C25H34N4O2. The second-order valence-corrected chi connectivity index (χ2v) is 8.21. The standard InChI is InChI=1S/C25H34N4O2/c1-3-29-24-8-6-5-7-23(24)26-25(29)19-27-14-15-28(21(18-27)13-16-30)17-20-9-11-22(12-10-20)31-4-2/h5-12,21,30H,3-4,13-19H2,1-2H3/t21-/m0/s1. The van der Waals surface area contributed by atoms with Crippen molar-refractivity contribution in [3.05, 3.63) is 59.9 Å². The van der Waals surface area contributed by atoms with Gasteiger partial charge in [0.25, 0.3) is 0 Å². The van der Waals surface area contributed by atoms with E-state index in [9.17, 15) is 5.11 Å². The van der Waals surface area contributed by atoms with Crippen LogP contribution in [0.1, 0.15) is 31.7 Å². The molecule has 4 rings (SSSR count). The van der Waals surface area contributed by atoms with Gasteiger partial charge in [0.05, 0.1) is 24.2 Å². The highest BCUT2D eigenvalue weighted by Crippen LogP contribution is 2.22. The summed E-state index contributed by atoms with van der Waals surface area (Å²) in [4.78, 5) is 9.90. The number of aliphatic hydroxyl groups excluding tert-OH is 1. The molecule has 6 heteroatoms. The van der Waals surface area contributed by atoms with Gasteiger partial charge in [-0.3, -0.25) is 9.80 Å². The van der Waals surface area contributed by atoms with Crippen LogP contribution < -0.4 is 4.74 Å². The molecule has 0 bridgehead atoms. The maximum absolute atomic E-state index is 9.67. The molecule has 2 aromatic carbocycles. The van der Waals surface area contributed by atoms with Crippen molar-refractivity contribution in [1.29, 1.82) is 0 Å². The minimum absolute atomic E-state index is 0.214. The van der Waals surface area contributed by atoms with Gasteiger partial charge >= 0.3 is 0 Å². The van der Waals surface area contributed by atoms with E-state index < -0.39 is 0 Å². The summed E-state index contributed by atoms with van der Waals surface area (Å²) >= 11 is 0. The van der Waals surface area contributed by atoms with Crippen LogP contribution in [0.5, 0.6) is 5.75 Å². The molecule has 2 heterocycles. The van der Waals surface area contributed by atoms with Crippen molar-refractivity contribution in [2.24, 2.45) is 0 Å². The molecule has 0 radical (unpaired) electrons. The van der Waals surface area contributed by atoms with Gasteiger partial charge in [0.2, 0.25) is 0 Å². The molecule has 6 nitrogen and oxygen atoms in total. The highest BCUT2D eigenvalue weighted by atomic mass is 16.5. The Hall–Kier alpha value is -2.41. The average molecular weight is 423 g/mol. The molecule has 1 fully saturated rings. The number of rotatable bonds is 9. The SMILES string of the molecule is CCOc1ccc(CN2CCN(Cc3nc4ccccc4n3CC)C[C@@H]2CCO)cc1. The first-order chi connectivity index (χ1) is 15.2. The van der Waals surface area contributed by atoms with Crippen LogP contribution in [-0.2, 0) is 19.6 Å². The first kappa shape index (κ1) is 21.8. The molecule has 1 atom stereocenters. The average Bonchev–Trinajstić information content (AvgIpc) is 3.14. The van der Waals surface area contributed by atoms with Gasteiger partial charge in [-0.1, -0.05) is 24.3 Å². The number of para-hydroxylation sites is 2. The molecule has 166 valence electrons. The Balaban J connectivity index is 1.43. The van der Waals surface area contributed by atoms with Gasteiger partial charge in [-0.25, -0.2) is 4.98 Å². The molecule has 1 aliphatic heterocycles. The number of aryl methyl sites for hydroxylation is 1. The molecule has 0 spiro atoms. The summed E-state index contributed by atoms with van der Waals surface area (Å²) in [5.41, 5.74) is 3.56. The minimum Gasteiger partial charge on any atom is -0.494 e. The summed E-state index contributed by atoms with van der Waals surface area (Å²) < 4.78 is 7.88. The zero-order valence-electron chi connectivity index (χ0n) is 18.7. The van der Waals surface area contributed by atoms with Crippen LogP contribution in [0.25, 0.3) is 11.0 Å². The number of imidazole rings is 1. The van der Waals surface area contributed by atoms with Crippen LogP contribution in [0, 0.1) is 0 Å². The summed E-state index contributed by atoms with van der Waals surface area (Å²) in [7, 11) is 0. The van der Waals surface area contributed by atoms with E-state index in [1.54, 1.807) is 0 Å². The lowest BCUT2D eigenvalue weighted by Crippen LogP contribution is -2.52. The molecule has 3 aromatic rings. The Bertz CT molecular complexity index is 969. The number of hydrogen-bond acceptors (Lipinski definition) is 5. The molecular weight excluding hydrogens is 388 g/mol. The topological polar surface area (TPSA) is 53.8 Å². The van der Waals surface area contributed by atoms with Crippen molar-refractivity contribution >= 4 is 11.0 Å². The first-order valence-corrected chi connectivity index (χ1v) is 11.4. The van der Waals surface area contributed by atoms with Gasteiger partial charge in [-0.15, -0.1) is 0 Å². The lowest BCUT2D eigenvalue weighted by atomic mass is 10.1. The number of piperazine rings is 1. The van der Waals surface area contributed by atoms with E-state index >= 15 is 0 Å². The predicted molar refractivity (Wildman–Crippen MR) is 124 cm³/mol. The normalized spacial score (nSPS) is 18.0. The summed E-state index contributed by atoms with van der Waals surface area (Å²) in [5.74, 6) is 2.05. The second-order valence-electron chi connectivity index (χ2n) is 8.21. The van der Waals surface area contributed by atoms with Gasteiger partial charge in [0, 0.05) is 45.4 Å². The van der Waals surface area contributed by atoms with Gasteiger partial charge in [-0.2, -0.15) is 0 Å². The molecule has 0 aliphatic carbocycles. The van der Waals surface area contributed by atoms with E-state index in [0.717, 1.165) is 62.8 Å². The number of fused-ring (bicyclic) bond motifs is 1. The maximum Gasteiger partial charge on any atom is 0.124 e. The Kier molecular flexibility index (Phi) is 7.22. The molecule has 31 heavy (non-hydrogen) atoms. The fourth-order valence-electron chi connectivity index (χ4n) is 4.62. The van der Waals surface area contributed by atoms with Crippen molar-refractivity contribution in [3.63, 3.8) is 0 Å². The molecule has 0 amide bonds. The van der Waals surface area contributed by atoms with E-state index in [-0.39, 0.29) is 6.61 Å². The molecule has 0 unspecified atom stereocenters. The smallest absolute Gasteiger partial charge is 0.124 e. The lowest BCUT2D eigenvalue weighted by molar-refractivity contribution is 0.0483. The maximum atomic E-state index is 9.67. The predicted octanol–water partition coefficient (Wildman–Crippen LogP) is 3.52. The number of aromatic nitrogens is 2. The minimum atomic E-state index is 0.214. The fourth-order valence-corrected chi connectivity index (χ4v) is 4.62. The Morgan fingerprint density at radius 2 is 1.84 bits per heavy atom. The van der Waals surface area contributed by atoms with E-state index in [1.165, 1.54) is 11.1 Å². The molecule has 1 aliphatic rings. The summed E-state index contributed by atoms with van der Waals surface area (Å²) in [6, 6.07) is 17.1. The number of benzene rings is 2. The van der Waals surface area contributed by atoms with E-state index in [2.05, 4.69) is 57.7 Å². The third-order valence-electron chi connectivity index (χ3n) is 6.19.